The van der Waals surface area contributed by atoms with Crippen molar-refractivity contribution < 1.29 is 18.7 Å². The molecule has 0 aromatic heterocycles. The van der Waals surface area contributed by atoms with Gasteiger partial charge >= 0.3 is 0 Å². The van der Waals surface area contributed by atoms with E-state index in [0.29, 0.717) is 0 Å². The Balaban J connectivity index is 2.44. The summed E-state index contributed by atoms with van der Waals surface area (Å²) in [4.78, 5) is 4.26. The Morgan fingerprint density at radius 1 is 1.25 bits per heavy atom. The average molecular weight is 181 g/mol. The van der Waals surface area contributed by atoms with Gasteiger partial charge in [-0.15, -0.1) is 0 Å². The summed E-state index contributed by atoms with van der Waals surface area (Å²) in [5, 5.41) is 9.57. The Bertz CT molecular complexity index is 153. The first kappa shape index (κ1) is 9.83. The molecule has 0 spiro atoms. The van der Waals surface area contributed by atoms with Crippen molar-refractivity contribution in [2.75, 3.05) is 6.61 Å². The number of alkyl halides is 2. The minimum absolute atomic E-state index is 0.0528. The second-order valence-electron chi connectivity index (χ2n) is 3.39. The molecule has 0 amide bonds. The summed E-state index contributed by atoms with van der Waals surface area (Å²) < 4.78 is 25.2. The smallest absolute Gasteiger partial charge is 0.248 e. The van der Waals surface area contributed by atoms with Gasteiger partial charge in [-0.2, -0.15) is 0 Å². The molecule has 1 fully saturated rings. The molecule has 1 rings (SSSR count). The molecular weight excluding hydrogens is 168 g/mol. The van der Waals surface area contributed by atoms with Crippen molar-refractivity contribution in [3.63, 3.8) is 0 Å². The van der Waals surface area contributed by atoms with E-state index in [2.05, 4.69) is 4.84 Å². The van der Waals surface area contributed by atoms with Crippen LogP contribution >= 0.6 is 0 Å². The number of hydrogen-bond donors (Lipinski definition) is 2. The SMILES string of the molecule is NOCC1(O)CCC(F)(F)CC1. The van der Waals surface area contributed by atoms with Crippen molar-refractivity contribution >= 4 is 0 Å². The van der Waals surface area contributed by atoms with Crippen molar-refractivity contribution in [2.45, 2.75) is 37.2 Å². The van der Waals surface area contributed by atoms with Crippen LogP contribution in [0, 0.1) is 0 Å². The van der Waals surface area contributed by atoms with Crippen LogP contribution in [0.4, 0.5) is 8.78 Å². The summed E-state index contributed by atoms with van der Waals surface area (Å²) >= 11 is 0. The lowest BCUT2D eigenvalue weighted by atomic mass is 9.83. The maximum absolute atomic E-state index is 12.6. The van der Waals surface area contributed by atoms with Crippen LogP contribution in [0.3, 0.4) is 0 Å². The fourth-order valence-electron chi connectivity index (χ4n) is 1.38. The number of halogens is 2. The topological polar surface area (TPSA) is 55.5 Å². The number of aliphatic hydroxyl groups is 1. The lowest BCUT2D eigenvalue weighted by molar-refractivity contribution is -0.130. The second-order valence-corrected chi connectivity index (χ2v) is 3.39. The zero-order valence-corrected chi connectivity index (χ0v) is 6.72. The van der Waals surface area contributed by atoms with E-state index in [4.69, 9.17) is 5.90 Å². The average Bonchev–Trinajstić information content (AvgIpc) is 1.98. The Kier molecular flexibility index (Phi) is 2.65. The molecule has 72 valence electrons. The van der Waals surface area contributed by atoms with Crippen molar-refractivity contribution in [1.82, 2.24) is 0 Å². The van der Waals surface area contributed by atoms with Crippen LogP contribution in [0.5, 0.6) is 0 Å². The monoisotopic (exact) mass is 181 g/mol. The summed E-state index contributed by atoms with van der Waals surface area (Å²) in [6.07, 6.45) is -0.464. The molecule has 0 aliphatic heterocycles. The van der Waals surface area contributed by atoms with Gasteiger partial charge in [-0.05, 0) is 12.8 Å². The summed E-state index contributed by atoms with van der Waals surface area (Å²) in [5.41, 5.74) is -1.14. The summed E-state index contributed by atoms with van der Waals surface area (Å²) in [5.74, 6) is 2.14. The van der Waals surface area contributed by atoms with Gasteiger partial charge in [0.1, 0.15) is 0 Å². The van der Waals surface area contributed by atoms with Crippen molar-refractivity contribution in [1.29, 1.82) is 0 Å². The molecule has 0 heterocycles. The van der Waals surface area contributed by atoms with Crippen LogP contribution in [-0.4, -0.2) is 23.2 Å². The van der Waals surface area contributed by atoms with Gasteiger partial charge in [0.2, 0.25) is 5.92 Å². The molecule has 0 aromatic carbocycles. The molecule has 3 N–H and O–H groups in total. The Morgan fingerprint density at radius 3 is 2.17 bits per heavy atom. The molecule has 0 saturated heterocycles. The molecule has 0 unspecified atom stereocenters. The first-order valence-electron chi connectivity index (χ1n) is 3.89. The summed E-state index contributed by atoms with van der Waals surface area (Å²) in [7, 11) is 0. The van der Waals surface area contributed by atoms with Gasteiger partial charge in [-0.1, -0.05) is 0 Å². The van der Waals surface area contributed by atoms with Crippen LogP contribution in [0.2, 0.25) is 0 Å². The lowest BCUT2D eigenvalue weighted by Crippen LogP contribution is -2.42. The molecule has 3 nitrogen and oxygen atoms in total. The van der Waals surface area contributed by atoms with E-state index in [1.165, 1.54) is 0 Å². The van der Waals surface area contributed by atoms with E-state index in [9.17, 15) is 13.9 Å². The third-order valence-corrected chi connectivity index (χ3v) is 2.26. The number of hydrogen-bond acceptors (Lipinski definition) is 3. The molecule has 0 bridgehead atoms. The maximum Gasteiger partial charge on any atom is 0.248 e. The predicted molar refractivity (Wildman–Crippen MR) is 38.5 cm³/mol. The normalized spacial score (nSPS) is 27.0. The second kappa shape index (κ2) is 3.24. The van der Waals surface area contributed by atoms with Crippen LogP contribution < -0.4 is 5.90 Å². The zero-order valence-electron chi connectivity index (χ0n) is 6.72. The highest BCUT2D eigenvalue weighted by molar-refractivity contribution is 4.88. The number of rotatable bonds is 2. The van der Waals surface area contributed by atoms with E-state index in [-0.39, 0.29) is 32.3 Å². The molecule has 0 atom stereocenters. The Hall–Kier alpha value is -0.260. The third kappa shape index (κ3) is 2.36. The molecule has 5 heteroatoms. The minimum Gasteiger partial charge on any atom is -0.387 e. The molecule has 1 saturated carbocycles. The van der Waals surface area contributed by atoms with E-state index >= 15 is 0 Å². The largest absolute Gasteiger partial charge is 0.387 e. The van der Waals surface area contributed by atoms with E-state index in [1.807, 2.05) is 0 Å². The maximum atomic E-state index is 12.6. The van der Waals surface area contributed by atoms with Gasteiger partial charge in [-0.3, -0.25) is 0 Å². The molecule has 1 aliphatic carbocycles. The molecule has 0 aromatic rings. The molecule has 1 aliphatic rings. The zero-order chi connectivity index (χ0) is 9.24. The number of nitrogens with two attached hydrogens (primary N) is 1. The molecular formula is C7H13F2NO2. The van der Waals surface area contributed by atoms with Crippen LogP contribution in [0.25, 0.3) is 0 Å². The minimum atomic E-state index is -2.62. The Morgan fingerprint density at radius 2 is 1.75 bits per heavy atom. The van der Waals surface area contributed by atoms with Crippen LogP contribution in [0.15, 0.2) is 0 Å². The molecule has 12 heavy (non-hydrogen) atoms. The highest BCUT2D eigenvalue weighted by atomic mass is 19.3. The van der Waals surface area contributed by atoms with Crippen LogP contribution in [0.1, 0.15) is 25.7 Å². The van der Waals surface area contributed by atoms with Gasteiger partial charge < -0.3 is 9.94 Å². The highest BCUT2D eigenvalue weighted by Gasteiger charge is 2.42. The Labute approximate surface area is 69.5 Å². The summed E-state index contributed by atoms with van der Waals surface area (Å²) in [6, 6.07) is 0. The van der Waals surface area contributed by atoms with Crippen LogP contribution in [-0.2, 0) is 4.84 Å². The van der Waals surface area contributed by atoms with Crippen molar-refractivity contribution in [3.8, 4) is 0 Å². The van der Waals surface area contributed by atoms with Gasteiger partial charge in [0.25, 0.3) is 0 Å². The fraction of sp³-hybridized carbons (Fsp3) is 1.00. The van der Waals surface area contributed by atoms with Crippen molar-refractivity contribution in [3.05, 3.63) is 0 Å². The van der Waals surface area contributed by atoms with Gasteiger partial charge in [0.15, 0.2) is 0 Å². The molecule has 0 radical (unpaired) electrons. The van der Waals surface area contributed by atoms with Gasteiger partial charge in [0, 0.05) is 12.8 Å². The third-order valence-electron chi connectivity index (χ3n) is 2.26. The predicted octanol–water partition coefficient (Wildman–Crippen LogP) is 0.817. The highest BCUT2D eigenvalue weighted by Crippen LogP contribution is 2.38. The quantitative estimate of drug-likeness (QED) is 0.620. The van der Waals surface area contributed by atoms with E-state index in [1.54, 1.807) is 0 Å². The van der Waals surface area contributed by atoms with E-state index < -0.39 is 11.5 Å². The first-order chi connectivity index (χ1) is 5.47. The fourth-order valence-corrected chi connectivity index (χ4v) is 1.38. The van der Waals surface area contributed by atoms with Gasteiger partial charge in [-0.25, -0.2) is 14.7 Å². The first-order valence-corrected chi connectivity index (χ1v) is 3.89. The summed E-state index contributed by atoms with van der Waals surface area (Å²) in [6.45, 7) is -0.0664. The van der Waals surface area contributed by atoms with Crippen molar-refractivity contribution in [2.24, 2.45) is 5.90 Å². The lowest BCUT2D eigenvalue weighted by Gasteiger charge is -2.34. The standard InChI is InChI=1S/C7H13F2NO2/c8-7(9)3-1-6(11,2-4-7)5-12-10/h11H,1-5,10H2. The van der Waals surface area contributed by atoms with Gasteiger partial charge in [0.05, 0.1) is 12.2 Å². The van der Waals surface area contributed by atoms with E-state index in [0.717, 1.165) is 0 Å².